The normalized spacial score (nSPS) is 10.8. The zero-order valence-electron chi connectivity index (χ0n) is 14.7. The molecule has 2 aromatic rings. The van der Waals surface area contributed by atoms with Crippen molar-refractivity contribution in [3.05, 3.63) is 45.5 Å². The highest BCUT2D eigenvalue weighted by Gasteiger charge is 2.28. The number of carboxylic acid groups (broad SMARTS) is 2. The minimum absolute atomic E-state index is 0.0482. The van der Waals surface area contributed by atoms with Gasteiger partial charge >= 0.3 is 11.9 Å². The van der Waals surface area contributed by atoms with Gasteiger partial charge in [-0.05, 0) is 30.5 Å². The molecule has 0 bridgehead atoms. The maximum Gasteiger partial charge on any atom is 0.342 e. The van der Waals surface area contributed by atoms with Crippen molar-refractivity contribution in [1.82, 2.24) is 4.98 Å². The molecule has 0 aliphatic rings. The zero-order valence-corrected chi connectivity index (χ0v) is 14.7. The number of aromatic carboxylic acids is 2. The summed E-state index contributed by atoms with van der Waals surface area (Å²) >= 11 is 0. The first-order chi connectivity index (χ1) is 12.6. The van der Waals surface area contributed by atoms with Crippen LogP contribution >= 0.6 is 0 Å². The van der Waals surface area contributed by atoms with Crippen molar-refractivity contribution >= 4 is 17.8 Å². The monoisotopic (exact) mass is 378 g/mol. The van der Waals surface area contributed by atoms with Crippen LogP contribution in [0.25, 0.3) is 11.1 Å². The second kappa shape index (κ2) is 7.90. The third kappa shape index (κ3) is 4.25. The van der Waals surface area contributed by atoms with E-state index in [1.165, 1.54) is 6.07 Å². The van der Waals surface area contributed by atoms with E-state index in [0.717, 1.165) is 12.1 Å². The van der Waals surface area contributed by atoms with Gasteiger partial charge in [0, 0.05) is 11.1 Å². The molecule has 0 aliphatic carbocycles. The number of hydrogen-bond acceptors (Lipinski definition) is 5. The number of benzene rings is 1. The first-order valence-electron chi connectivity index (χ1n) is 8.08. The molecular weight excluding hydrogens is 359 g/mol. The molecular formula is C18H19FN2O6. The van der Waals surface area contributed by atoms with Crippen LogP contribution in [0.2, 0.25) is 0 Å². The molecule has 0 aliphatic heterocycles. The third-order valence-electron chi connectivity index (χ3n) is 3.84. The predicted molar refractivity (Wildman–Crippen MR) is 95.7 cm³/mol. The molecule has 0 fully saturated rings. The molecule has 1 aromatic heterocycles. The average Bonchev–Trinajstić information content (AvgIpc) is 2.54. The van der Waals surface area contributed by atoms with Gasteiger partial charge in [0.2, 0.25) is 0 Å². The lowest BCUT2D eigenvalue weighted by atomic mass is 9.94. The number of halogens is 1. The first-order valence-corrected chi connectivity index (χ1v) is 8.08. The van der Waals surface area contributed by atoms with Crippen LogP contribution in [0.3, 0.4) is 0 Å². The standard InChI is InChI=1S/C18H19FN2O6/c1-8(2)5-6-27-11-4-3-9(19)7-10(11)12-13(17(23)24)15(20)21-16(22)14(12)18(25)26/h3-4,7-8H,5-6H2,1-2H3,(H,23,24)(H,25,26)(H3,20,21,22). The number of nitrogens with two attached hydrogens (primary N) is 1. The number of hydrogen-bond donors (Lipinski definition) is 4. The number of aromatic amines is 1. The summed E-state index contributed by atoms with van der Waals surface area (Å²) in [5.41, 5.74) is 2.31. The summed E-state index contributed by atoms with van der Waals surface area (Å²) in [6, 6.07) is 3.25. The van der Waals surface area contributed by atoms with Crippen LogP contribution in [0.1, 0.15) is 41.0 Å². The van der Waals surface area contributed by atoms with Gasteiger partial charge in [0.05, 0.1) is 6.61 Å². The molecule has 144 valence electrons. The molecule has 0 spiro atoms. The van der Waals surface area contributed by atoms with Gasteiger partial charge in [-0.3, -0.25) is 4.79 Å². The topological polar surface area (TPSA) is 143 Å². The first kappa shape index (κ1) is 20.0. The second-order valence-electron chi connectivity index (χ2n) is 6.27. The Morgan fingerprint density at radius 1 is 1.22 bits per heavy atom. The Hall–Kier alpha value is -3.36. The second-order valence-corrected chi connectivity index (χ2v) is 6.27. The molecule has 0 saturated heterocycles. The van der Waals surface area contributed by atoms with Crippen LogP contribution in [0, 0.1) is 11.7 Å². The van der Waals surface area contributed by atoms with Crippen molar-refractivity contribution in [3.8, 4) is 16.9 Å². The lowest BCUT2D eigenvalue weighted by Crippen LogP contribution is -2.24. The van der Waals surface area contributed by atoms with Gasteiger partial charge in [-0.2, -0.15) is 0 Å². The minimum Gasteiger partial charge on any atom is -0.493 e. The number of nitrogens with one attached hydrogen (secondary N) is 1. The van der Waals surface area contributed by atoms with E-state index < -0.39 is 45.8 Å². The van der Waals surface area contributed by atoms with Gasteiger partial charge in [0.15, 0.2) is 0 Å². The quantitative estimate of drug-likeness (QED) is 0.580. The van der Waals surface area contributed by atoms with E-state index in [1.54, 1.807) is 0 Å². The maximum absolute atomic E-state index is 13.9. The van der Waals surface area contributed by atoms with Crippen molar-refractivity contribution in [2.75, 3.05) is 12.3 Å². The fourth-order valence-electron chi connectivity index (χ4n) is 2.54. The van der Waals surface area contributed by atoms with E-state index in [-0.39, 0.29) is 17.9 Å². The number of pyridine rings is 1. The Balaban J connectivity index is 2.80. The van der Waals surface area contributed by atoms with Crippen LogP contribution < -0.4 is 16.0 Å². The lowest BCUT2D eigenvalue weighted by Gasteiger charge is -2.16. The number of H-pyrrole nitrogens is 1. The number of aromatic nitrogens is 1. The fraction of sp³-hybridized carbons (Fsp3) is 0.278. The molecule has 8 nitrogen and oxygen atoms in total. The number of carbonyl (C=O) groups is 2. The third-order valence-corrected chi connectivity index (χ3v) is 3.84. The fourth-order valence-corrected chi connectivity index (χ4v) is 2.54. The smallest absolute Gasteiger partial charge is 0.342 e. The highest BCUT2D eigenvalue weighted by Crippen LogP contribution is 2.36. The minimum atomic E-state index is -1.67. The molecule has 1 heterocycles. The number of ether oxygens (including phenoxy) is 1. The van der Waals surface area contributed by atoms with Crippen molar-refractivity contribution in [2.45, 2.75) is 20.3 Å². The Bertz CT molecular complexity index is 952. The SMILES string of the molecule is CC(C)CCOc1ccc(F)cc1-c1c(C(=O)O)c(N)[nH]c(=O)c1C(=O)O. The maximum atomic E-state index is 13.9. The van der Waals surface area contributed by atoms with Crippen LogP contribution in [0.5, 0.6) is 5.75 Å². The summed E-state index contributed by atoms with van der Waals surface area (Å²) < 4.78 is 19.5. The molecule has 0 unspecified atom stereocenters. The van der Waals surface area contributed by atoms with Crippen LogP contribution in [-0.2, 0) is 0 Å². The van der Waals surface area contributed by atoms with E-state index in [0.29, 0.717) is 12.3 Å². The largest absolute Gasteiger partial charge is 0.493 e. The molecule has 9 heteroatoms. The summed E-state index contributed by atoms with van der Waals surface area (Å²) in [4.78, 5) is 37.4. The number of carboxylic acids is 2. The molecule has 0 atom stereocenters. The summed E-state index contributed by atoms with van der Waals surface area (Å²) in [5, 5.41) is 18.9. The summed E-state index contributed by atoms with van der Waals surface area (Å²) in [5.74, 6) is -4.18. The Morgan fingerprint density at radius 3 is 2.41 bits per heavy atom. The number of anilines is 1. The van der Waals surface area contributed by atoms with Crippen molar-refractivity contribution in [3.63, 3.8) is 0 Å². The van der Waals surface area contributed by atoms with Crippen molar-refractivity contribution in [1.29, 1.82) is 0 Å². The Labute approximate surface area is 153 Å². The van der Waals surface area contributed by atoms with Gasteiger partial charge < -0.3 is 25.7 Å². The van der Waals surface area contributed by atoms with E-state index in [2.05, 4.69) is 0 Å². The highest BCUT2D eigenvalue weighted by atomic mass is 19.1. The summed E-state index contributed by atoms with van der Waals surface area (Å²) in [7, 11) is 0. The van der Waals surface area contributed by atoms with Crippen LogP contribution in [0.15, 0.2) is 23.0 Å². The molecule has 5 N–H and O–H groups in total. The molecule has 2 rings (SSSR count). The van der Waals surface area contributed by atoms with E-state index in [1.807, 2.05) is 18.8 Å². The van der Waals surface area contributed by atoms with Crippen LogP contribution in [-0.4, -0.2) is 33.7 Å². The van der Waals surface area contributed by atoms with Gasteiger partial charge in [0.1, 0.15) is 28.5 Å². The predicted octanol–water partition coefficient (Wildman–Crippen LogP) is 2.58. The summed E-state index contributed by atoms with van der Waals surface area (Å²) in [6.07, 6.45) is 0.659. The van der Waals surface area contributed by atoms with Crippen molar-refractivity contribution < 1.29 is 28.9 Å². The van der Waals surface area contributed by atoms with E-state index >= 15 is 0 Å². The average molecular weight is 378 g/mol. The molecule has 0 amide bonds. The number of nitrogen functional groups attached to an aromatic ring is 1. The zero-order chi connectivity index (χ0) is 20.3. The van der Waals surface area contributed by atoms with E-state index in [4.69, 9.17) is 10.5 Å². The van der Waals surface area contributed by atoms with Crippen molar-refractivity contribution in [2.24, 2.45) is 5.92 Å². The highest BCUT2D eigenvalue weighted by molar-refractivity contribution is 6.08. The molecule has 1 aromatic carbocycles. The number of rotatable bonds is 7. The lowest BCUT2D eigenvalue weighted by molar-refractivity contribution is 0.0695. The van der Waals surface area contributed by atoms with E-state index in [9.17, 15) is 29.0 Å². The van der Waals surface area contributed by atoms with Gasteiger partial charge in [0.25, 0.3) is 5.56 Å². The molecule has 0 radical (unpaired) electrons. The molecule has 0 saturated carbocycles. The van der Waals surface area contributed by atoms with Gasteiger partial charge in [-0.1, -0.05) is 13.8 Å². The molecule has 27 heavy (non-hydrogen) atoms. The van der Waals surface area contributed by atoms with Crippen LogP contribution in [0.4, 0.5) is 10.2 Å². The Kier molecular flexibility index (Phi) is 5.84. The Morgan fingerprint density at radius 2 is 1.85 bits per heavy atom. The van der Waals surface area contributed by atoms with Gasteiger partial charge in [-0.25, -0.2) is 14.0 Å². The van der Waals surface area contributed by atoms with Gasteiger partial charge in [-0.15, -0.1) is 0 Å². The summed E-state index contributed by atoms with van der Waals surface area (Å²) in [6.45, 7) is 4.18.